The van der Waals surface area contributed by atoms with Crippen LogP contribution in [-0.4, -0.2) is 50.7 Å². The molecule has 0 bridgehead atoms. The van der Waals surface area contributed by atoms with E-state index in [-0.39, 0.29) is 6.04 Å². The van der Waals surface area contributed by atoms with Gasteiger partial charge in [0.25, 0.3) is 0 Å². The topological polar surface area (TPSA) is 96.7 Å². The standard InChI is InChI=1S/C33H43N7O2/c1-5-24-11-10-20-39(21-17-24)30-31-36-23-28(40(31)22-19-34-30)27-14-9-15-29(38-27)37-26(25-12-7-6-8-13-25)16-18-35-32(41)42-33(2,3)4/h6-9,12-15,19,22-24,26H,5,10-11,16-18,20-21H2,1-4H3,(H,35,41)(H,37,38). The molecular formula is C33H43N7O2. The van der Waals surface area contributed by atoms with Crippen LogP contribution in [0.4, 0.5) is 16.4 Å². The molecule has 42 heavy (non-hydrogen) atoms. The molecular weight excluding hydrogens is 526 g/mol. The molecule has 2 N–H and O–H groups in total. The van der Waals surface area contributed by atoms with Crippen LogP contribution in [0.2, 0.25) is 0 Å². The van der Waals surface area contributed by atoms with Crippen molar-refractivity contribution < 1.29 is 9.53 Å². The number of anilines is 2. The Bertz CT molecular complexity index is 1460. The lowest BCUT2D eigenvalue weighted by Gasteiger charge is -2.22. The Kier molecular flexibility index (Phi) is 9.25. The van der Waals surface area contributed by atoms with Gasteiger partial charge in [-0.2, -0.15) is 0 Å². The summed E-state index contributed by atoms with van der Waals surface area (Å²) in [5.41, 5.74) is 3.18. The second-order valence-electron chi connectivity index (χ2n) is 12.0. The van der Waals surface area contributed by atoms with Crippen LogP contribution in [0.15, 0.2) is 67.1 Å². The van der Waals surface area contributed by atoms with Gasteiger partial charge < -0.3 is 20.3 Å². The van der Waals surface area contributed by atoms with Crippen molar-refractivity contribution in [1.82, 2.24) is 24.7 Å². The Hall–Kier alpha value is -4.14. The van der Waals surface area contributed by atoms with Crippen molar-refractivity contribution in [3.8, 4) is 11.4 Å². The van der Waals surface area contributed by atoms with Gasteiger partial charge in [0.05, 0.1) is 23.6 Å². The molecule has 1 aliphatic heterocycles. The van der Waals surface area contributed by atoms with Crippen molar-refractivity contribution in [2.75, 3.05) is 29.9 Å². The highest BCUT2D eigenvalue weighted by molar-refractivity contribution is 5.70. The Morgan fingerprint density at radius 3 is 2.69 bits per heavy atom. The number of rotatable bonds is 9. The quantitative estimate of drug-likeness (QED) is 0.227. The Labute approximate surface area is 248 Å². The van der Waals surface area contributed by atoms with E-state index in [1.165, 1.54) is 25.7 Å². The van der Waals surface area contributed by atoms with E-state index in [4.69, 9.17) is 19.7 Å². The van der Waals surface area contributed by atoms with Crippen LogP contribution < -0.4 is 15.5 Å². The molecule has 9 heteroatoms. The molecule has 0 aliphatic carbocycles. The zero-order chi connectivity index (χ0) is 29.5. The van der Waals surface area contributed by atoms with Gasteiger partial charge in [0.15, 0.2) is 11.5 Å². The zero-order valence-corrected chi connectivity index (χ0v) is 25.2. The van der Waals surface area contributed by atoms with Gasteiger partial charge in [-0.05, 0) is 70.1 Å². The molecule has 2 unspecified atom stereocenters. The second kappa shape index (κ2) is 13.2. The molecule has 222 valence electrons. The number of amides is 1. The van der Waals surface area contributed by atoms with E-state index in [0.29, 0.717) is 13.0 Å². The normalized spacial score (nSPS) is 16.6. The number of nitrogens with one attached hydrogen (secondary N) is 2. The molecule has 1 fully saturated rings. The monoisotopic (exact) mass is 569 g/mol. The van der Waals surface area contributed by atoms with Gasteiger partial charge in [0.2, 0.25) is 0 Å². The van der Waals surface area contributed by atoms with Crippen molar-refractivity contribution >= 4 is 23.4 Å². The molecule has 0 spiro atoms. The molecule has 1 saturated heterocycles. The average molecular weight is 570 g/mol. The number of ether oxygens (including phenoxy) is 1. The lowest BCUT2D eigenvalue weighted by atomic mass is 9.98. The summed E-state index contributed by atoms with van der Waals surface area (Å²) in [5, 5.41) is 6.47. The van der Waals surface area contributed by atoms with E-state index in [1.807, 2.05) is 75.8 Å². The lowest BCUT2D eigenvalue weighted by Crippen LogP contribution is -2.33. The zero-order valence-electron chi connectivity index (χ0n) is 25.2. The van der Waals surface area contributed by atoms with Gasteiger partial charge in [-0.15, -0.1) is 0 Å². The number of imidazole rings is 1. The maximum Gasteiger partial charge on any atom is 0.407 e. The SMILES string of the molecule is CCC1CCCN(c2nccn3c(-c4cccc(NC(CCNC(=O)OC(C)(C)C)c5ccccc5)n4)cnc23)CC1. The minimum absolute atomic E-state index is 0.0585. The van der Waals surface area contributed by atoms with Crippen LogP contribution in [-0.2, 0) is 4.74 Å². The van der Waals surface area contributed by atoms with Crippen LogP contribution >= 0.6 is 0 Å². The van der Waals surface area contributed by atoms with E-state index >= 15 is 0 Å². The summed E-state index contributed by atoms with van der Waals surface area (Å²) in [6, 6.07) is 16.1. The van der Waals surface area contributed by atoms with Crippen LogP contribution in [0.5, 0.6) is 0 Å². The van der Waals surface area contributed by atoms with Gasteiger partial charge >= 0.3 is 6.09 Å². The van der Waals surface area contributed by atoms with Crippen molar-refractivity contribution in [2.24, 2.45) is 5.92 Å². The number of benzene rings is 1. The fourth-order valence-electron chi connectivity index (χ4n) is 5.58. The van der Waals surface area contributed by atoms with Crippen molar-refractivity contribution in [1.29, 1.82) is 0 Å². The first-order valence-electron chi connectivity index (χ1n) is 15.1. The number of pyridine rings is 1. The second-order valence-corrected chi connectivity index (χ2v) is 12.0. The van der Waals surface area contributed by atoms with Crippen molar-refractivity contribution in [3.05, 3.63) is 72.7 Å². The molecule has 1 amide bonds. The van der Waals surface area contributed by atoms with Gasteiger partial charge in [0, 0.05) is 32.0 Å². The smallest absolute Gasteiger partial charge is 0.407 e. The summed E-state index contributed by atoms with van der Waals surface area (Å²) < 4.78 is 7.49. The van der Waals surface area contributed by atoms with Crippen LogP contribution in [0.3, 0.4) is 0 Å². The molecule has 9 nitrogen and oxygen atoms in total. The maximum atomic E-state index is 12.2. The first kappa shape index (κ1) is 29.4. The first-order valence-corrected chi connectivity index (χ1v) is 15.1. The van der Waals surface area contributed by atoms with Crippen LogP contribution in [0, 0.1) is 5.92 Å². The van der Waals surface area contributed by atoms with E-state index in [0.717, 1.165) is 53.2 Å². The highest BCUT2D eigenvalue weighted by Gasteiger charge is 2.21. The molecule has 4 heterocycles. The highest BCUT2D eigenvalue weighted by atomic mass is 16.6. The minimum Gasteiger partial charge on any atom is -0.444 e. The van der Waals surface area contributed by atoms with Crippen molar-refractivity contribution in [3.63, 3.8) is 0 Å². The molecule has 0 saturated carbocycles. The third kappa shape index (κ3) is 7.38. The number of aromatic nitrogens is 4. The van der Waals surface area contributed by atoms with E-state index in [9.17, 15) is 4.79 Å². The van der Waals surface area contributed by atoms with Gasteiger partial charge in [0.1, 0.15) is 11.4 Å². The Morgan fingerprint density at radius 2 is 1.90 bits per heavy atom. The summed E-state index contributed by atoms with van der Waals surface area (Å²) in [6.07, 6.45) is 10.8. The van der Waals surface area contributed by atoms with Crippen LogP contribution in [0.25, 0.3) is 17.0 Å². The largest absolute Gasteiger partial charge is 0.444 e. The molecule has 0 radical (unpaired) electrons. The molecule has 4 aromatic rings. The molecule has 5 rings (SSSR count). The third-order valence-electron chi connectivity index (χ3n) is 7.77. The average Bonchev–Trinajstić information content (AvgIpc) is 3.27. The number of carbonyl (C=O) groups is 1. The number of fused-ring (bicyclic) bond motifs is 1. The summed E-state index contributed by atoms with van der Waals surface area (Å²) in [6.45, 7) is 10.3. The predicted octanol–water partition coefficient (Wildman–Crippen LogP) is 6.88. The fourth-order valence-corrected chi connectivity index (χ4v) is 5.58. The number of hydrogen-bond acceptors (Lipinski definition) is 7. The van der Waals surface area contributed by atoms with Gasteiger partial charge in [-0.1, -0.05) is 49.7 Å². The van der Waals surface area contributed by atoms with Crippen molar-refractivity contribution in [2.45, 2.75) is 71.4 Å². The van der Waals surface area contributed by atoms with E-state index in [2.05, 4.69) is 39.0 Å². The molecule has 1 aromatic carbocycles. The number of carbonyl (C=O) groups excluding carboxylic acids is 1. The number of nitrogens with zero attached hydrogens (tertiary/aromatic N) is 5. The van der Waals surface area contributed by atoms with Gasteiger partial charge in [-0.25, -0.2) is 19.7 Å². The highest BCUT2D eigenvalue weighted by Crippen LogP contribution is 2.29. The maximum absolute atomic E-state index is 12.2. The van der Waals surface area contributed by atoms with Crippen LogP contribution in [0.1, 0.15) is 71.4 Å². The van der Waals surface area contributed by atoms with E-state index < -0.39 is 11.7 Å². The summed E-state index contributed by atoms with van der Waals surface area (Å²) in [4.78, 5) is 29.1. The number of alkyl carbamates (subject to hydrolysis) is 1. The minimum atomic E-state index is -0.536. The molecule has 2 atom stereocenters. The van der Waals surface area contributed by atoms with E-state index in [1.54, 1.807) is 0 Å². The lowest BCUT2D eigenvalue weighted by molar-refractivity contribution is 0.0526. The summed E-state index contributed by atoms with van der Waals surface area (Å²) >= 11 is 0. The number of hydrogen-bond donors (Lipinski definition) is 2. The molecule has 3 aromatic heterocycles. The van der Waals surface area contributed by atoms with Gasteiger partial charge in [-0.3, -0.25) is 4.40 Å². The third-order valence-corrected chi connectivity index (χ3v) is 7.77. The fraction of sp³-hybridized carbons (Fsp3) is 0.455. The first-order chi connectivity index (χ1) is 20.3. The Balaban J connectivity index is 1.34. The summed E-state index contributed by atoms with van der Waals surface area (Å²) in [5.74, 6) is 2.48. The Morgan fingerprint density at radius 1 is 1.07 bits per heavy atom. The predicted molar refractivity (Wildman–Crippen MR) is 168 cm³/mol. The molecule has 1 aliphatic rings. The summed E-state index contributed by atoms with van der Waals surface area (Å²) in [7, 11) is 0.